The summed E-state index contributed by atoms with van der Waals surface area (Å²) in [6, 6.07) is 2.99. The number of carboxylic acid groups (broad SMARTS) is 1. The Balaban J connectivity index is 2.18. The van der Waals surface area contributed by atoms with Crippen molar-refractivity contribution >= 4 is 23.7 Å². The number of carbonyl (C=O) groups is 3. The van der Waals surface area contributed by atoms with E-state index in [1.807, 2.05) is 0 Å². The molecule has 1 aliphatic heterocycles. The van der Waals surface area contributed by atoms with E-state index in [-0.39, 0.29) is 30.6 Å². The molecular weight excluding hydrogens is 431 g/mol. The molecule has 0 atom stereocenters. The van der Waals surface area contributed by atoms with E-state index in [4.69, 9.17) is 4.74 Å². The number of nitrogens with zero attached hydrogens (tertiary/aromatic N) is 3. The van der Waals surface area contributed by atoms with Crippen molar-refractivity contribution in [3.8, 4) is 0 Å². The van der Waals surface area contributed by atoms with E-state index in [1.165, 1.54) is 11.0 Å². The number of benzene rings is 1. The van der Waals surface area contributed by atoms with Gasteiger partial charge in [0.25, 0.3) is 0 Å². The first-order valence-electron chi connectivity index (χ1n) is 9.98. The number of likely N-dealkylation sites (N-methyl/N-ethyl adjacent to an activating group) is 2. The Morgan fingerprint density at radius 3 is 2.28 bits per heavy atom. The van der Waals surface area contributed by atoms with Crippen molar-refractivity contribution in [2.45, 2.75) is 45.5 Å². The van der Waals surface area contributed by atoms with Gasteiger partial charge in [0.05, 0.1) is 5.97 Å². The first kappa shape index (κ1) is 25.3. The number of ether oxygens (including phenoxy) is 1. The van der Waals surface area contributed by atoms with Gasteiger partial charge in [-0.25, -0.2) is 4.79 Å². The highest BCUT2D eigenvalue weighted by atomic mass is 19.4. The highest BCUT2D eigenvalue weighted by Gasteiger charge is 2.43. The lowest BCUT2D eigenvalue weighted by molar-refractivity contribution is -0.255. The maximum Gasteiger partial charge on any atom is 0.471 e. The van der Waals surface area contributed by atoms with Crippen molar-refractivity contribution in [1.82, 2.24) is 9.80 Å². The number of hydrogen-bond acceptors (Lipinski definition) is 6. The summed E-state index contributed by atoms with van der Waals surface area (Å²) >= 11 is 0. The molecule has 178 valence electrons. The molecule has 8 nitrogen and oxygen atoms in total. The van der Waals surface area contributed by atoms with Crippen LogP contribution in [-0.2, 0) is 22.5 Å². The van der Waals surface area contributed by atoms with Crippen LogP contribution in [0.1, 0.15) is 42.3 Å². The largest absolute Gasteiger partial charge is 0.545 e. The maximum atomic E-state index is 12.8. The van der Waals surface area contributed by atoms with Crippen LogP contribution in [0.4, 0.5) is 23.7 Å². The van der Waals surface area contributed by atoms with E-state index < -0.39 is 36.3 Å². The molecule has 0 bridgehead atoms. The topological polar surface area (TPSA) is 93.2 Å². The highest BCUT2D eigenvalue weighted by molar-refractivity contribution is 5.90. The van der Waals surface area contributed by atoms with Crippen LogP contribution < -0.4 is 10.0 Å². The van der Waals surface area contributed by atoms with Gasteiger partial charge in [-0.15, -0.1) is 0 Å². The van der Waals surface area contributed by atoms with Gasteiger partial charge in [-0.1, -0.05) is 0 Å². The lowest BCUT2D eigenvalue weighted by atomic mass is 9.93. The van der Waals surface area contributed by atoms with Crippen LogP contribution in [-0.4, -0.2) is 73.3 Å². The SMILES string of the molecule is CN(CCN(C)c1cc2c(c(C(=O)[O-])c1)CN(C(=O)C(F)(F)F)CC2)C(=O)OC(C)(C)C. The maximum absolute atomic E-state index is 12.8. The number of aromatic carboxylic acids is 1. The van der Waals surface area contributed by atoms with Crippen LogP contribution in [0.3, 0.4) is 0 Å². The second-order valence-corrected chi connectivity index (χ2v) is 8.72. The third kappa shape index (κ3) is 6.27. The summed E-state index contributed by atoms with van der Waals surface area (Å²) in [5, 5.41) is 11.7. The van der Waals surface area contributed by atoms with E-state index in [0.29, 0.717) is 22.7 Å². The molecule has 32 heavy (non-hydrogen) atoms. The van der Waals surface area contributed by atoms with Crippen molar-refractivity contribution in [2.75, 3.05) is 38.6 Å². The van der Waals surface area contributed by atoms with Crippen LogP contribution in [0.5, 0.6) is 0 Å². The Labute approximate surface area is 184 Å². The molecule has 0 aliphatic carbocycles. The van der Waals surface area contributed by atoms with Gasteiger partial charge in [0.15, 0.2) is 0 Å². The molecule has 0 spiro atoms. The molecule has 1 aromatic carbocycles. The number of carbonyl (C=O) groups excluding carboxylic acids is 3. The van der Waals surface area contributed by atoms with Crippen LogP contribution in [0.2, 0.25) is 0 Å². The van der Waals surface area contributed by atoms with Gasteiger partial charge in [-0.3, -0.25) is 4.79 Å². The molecule has 0 aromatic heterocycles. The summed E-state index contributed by atoms with van der Waals surface area (Å²) < 4.78 is 43.6. The van der Waals surface area contributed by atoms with Crippen LogP contribution in [0.15, 0.2) is 12.1 Å². The Morgan fingerprint density at radius 2 is 1.75 bits per heavy atom. The molecule has 11 heteroatoms. The van der Waals surface area contributed by atoms with Gasteiger partial charge < -0.3 is 29.3 Å². The minimum absolute atomic E-state index is 0.0803. The average molecular weight is 458 g/mol. The third-order valence-corrected chi connectivity index (χ3v) is 4.99. The molecule has 0 saturated carbocycles. The fourth-order valence-corrected chi connectivity index (χ4v) is 3.27. The van der Waals surface area contributed by atoms with E-state index >= 15 is 0 Å². The number of fused-ring (bicyclic) bond motifs is 1. The van der Waals surface area contributed by atoms with E-state index in [1.54, 1.807) is 45.8 Å². The van der Waals surface area contributed by atoms with Gasteiger partial charge in [-0.2, -0.15) is 13.2 Å². The van der Waals surface area contributed by atoms with Crippen LogP contribution in [0.25, 0.3) is 0 Å². The van der Waals surface area contributed by atoms with E-state index in [2.05, 4.69) is 0 Å². The number of carboxylic acids is 1. The average Bonchev–Trinajstić information content (AvgIpc) is 2.67. The van der Waals surface area contributed by atoms with E-state index in [0.717, 1.165) is 0 Å². The first-order chi connectivity index (χ1) is 14.6. The monoisotopic (exact) mass is 458 g/mol. The second kappa shape index (κ2) is 9.25. The number of anilines is 1. The normalized spacial score (nSPS) is 13.9. The zero-order chi connectivity index (χ0) is 24.4. The Kier molecular flexibility index (Phi) is 7.31. The van der Waals surface area contributed by atoms with Crippen molar-refractivity contribution in [2.24, 2.45) is 0 Å². The molecule has 0 saturated heterocycles. The molecule has 2 amide bonds. The quantitative estimate of drug-likeness (QED) is 0.668. The zero-order valence-corrected chi connectivity index (χ0v) is 18.7. The standard InChI is InChI=1S/C21H28F3N3O5/c1-20(2,3)32-19(31)26(5)9-8-25(4)14-10-13-6-7-27(18(30)21(22,23)24)12-16(13)15(11-14)17(28)29/h10-11H,6-9,12H2,1-5H3,(H,28,29)/p-1. The van der Waals surface area contributed by atoms with Crippen LogP contribution >= 0.6 is 0 Å². The Morgan fingerprint density at radius 1 is 1.12 bits per heavy atom. The number of amides is 2. The zero-order valence-electron chi connectivity index (χ0n) is 18.7. The van der Waals surface area contributed by atoms with Gasteiger partial charge in [0.2, 0.25) is 0 Å². The molecule has 0 unspecified atom stereocenters. The van der Waals surface area contributed by atoms with Crippen LogP contribution in [0, 0.1) is 0 Å². The summed E-state index contributed by atoms with van der Waals surface area (Å²) in [6.07, 6.45) is -5.45. The fraction of sp³-hybridized carbons (Fsp3) is 0.571. The highest BCUT2D eigenvalue weighted by Crippen LogP contribution is 2.30. The summed E-state index contributed by atoms with van der Waals surface area (Å²) in [5.41, 5.74) is 0.290. The molecule has 1 heterocycles. The molecular formula is C21H27F3N3O5-. The minimum atomic E-state index is -5.03. The van der Waals surface area contributed by atoms with Gasteiger partial charge in [0.1, 0.15) is 5.60 Å². The Hall–Kier alpha value is -2.98. The van der Waals surface area contributed by atoms with Crippen molar-refractivity contribution in [3.63, 3.8) is 0 Å². The number of alkyl halides is 3. The molecule has 0 N–H and O–H groups in total. The van der Waals surface area contributed by atoms with Gasteiger partial charge in [-0.05, 0) is 50.5 Å². The molecule has 1 aromatic rings. The Bertz CT molecular complexity index is 896. The first-order valence-corrected chi connectivity index (χ1v) is 9.98. The predicted molar refractivity (Wildman–Crippen MR) is 108 cm³/mol. The summed E-state index contributed by atoms with van der Waals surface area (Å²) in [7, 11) is 3.28. The molecule has 2 rings (SSSR count). The summed E-state index contributed by atoms with van der Waals surface area (Å²) in [6.45, 7) is 5.26. The number of halogens is 3. The smallest absolute Gasteiger partial charge is 0.471 e. The number of rotatable bonds is 5. The van der Waals surface area contributed by atoms with Gasteiger partial charge in [0, 0.05) is 51.5 Å². The third-order valence-electron chi connectivity index (χ3n) is 4.99. The van der Waals surface area contributed by atoms with Crippen molar-refractivity contribution < 1.29 is 37.4 Å². The lowest BCUT2D eigenvalue weighted by Crippen LogP contribution is -2.44. The van der Waals surface area contributed by atoms with Crippen molar-refractivity contribution in [3.05, 3.63) is 28.8 Å². The fourth-order valence-electron chi connectivity index (χ4n) is 3.27. The van der Waals surface area contributed by atoms with Crippen molar-refractivity contribution in [1.29, 1.82) is 0 Å². The number of hydrogen-bond donors (Lipinski definition) is 0. The summed E-state index contributed by atoms with van der Waals surface area (Å²) in [4.78, 5) is 39.0. The van der Waals surface area contributed by atoms with E-state index in [9.17, 15) is 32.7 Å². The lowest BCUT2D eigenvalue weighted by Gasteiger charge is -2.33. The van der Waals surface area contributed by atoms with Gasteiger partial charge >= 0.3 is 18.2 Å². The molecule has 0 radical (unpaired) electrons. The minimum Gasteiger partial charge on any atom is -0.545 e. The second-order valence-electron chi connectivity index (χ2n) is 8.72. The molecule has 1 aliphatic rings. The predicted octanol–water partition coefficient (Wildman–Crippen LogP) is 1.80. The molecule has 0 fully saturated rings. The summed E-state index contributed by atoms with van der Waals surface area (Å²) in [5.74, 6) is -3.54.